The van der Waals surface area contributed by atoms with Crippen LogP contribution in [0.3, 0.4) is 0 Å². The molecule has 1 aromatic carbocycles. The summed E-state index contributed by atoms with van der Waals surface area (Å²) in [5.74, 6) is 0.135. The van der Waals surface area contributed by atoms with Crippen LogP contribution in [0.25, 0.3) is 0 Å². The topological polar surface area (TPSA) is 102 Å². The number of nitro benzene ring substituents is 1. The Morgan fingerprint density at radius 1 is 1.69 bits per heavy atom. The highest BCUT2D eigenvalue weighted by atomic mass is 16.6. The van der Waals surface area contributed by atoms with Gasteiger partial charge in [-0.1, -0.05) is 12.1 Å². The number of hydrogen-bond acceptors (Lipinski definition) is 5. The van der Waals surface area contributed by atoms with E-state index in [-0.39, 0.29) is 18.0 Å². The van der Waals surface area contributed by atoms with Crippen LogP contribution < -0.4 is 10.5 Å². The lowest BCUT2D eigenvalue weighted by Crippen LogP contribution is -2.25. The third-order valence-corrected chi connectivity index (χ3v) is 1.97. The van der Waals surface area contributed by atoms with Gasteiger partial charge < -0.3 is 10.5 Å². The van der Waals surface area contributed by atoms with Crippen molar-refractivity contribution in [1.82, 2.24) is 0 Å². The van der Waals surface area contributed by atoms with Crippen LogP contribution >= 0.6 is 0 Å². The second-order valence-corrected chi connectivity index (χ2v) is 3.23. The van der Waals surface area contributed by atoms with Crippen molar-refractivity contribution >= 4 is 5.69 Å². The van der Waals surface area contributed by atoms with E-state index in [1.807, 2.05) is 0 Å². The highest BCUT2D eigenvalue weighted by Crippen LogP contribution is 2.29. The number of aryl methyl sites for hydroxylation is 1. The summed E-state index contributed by atoms with van der Waals surface area (Å²) in [6.07, 6.45) is 0. The number of nitrogens with zero attached hydrogens (tertiary/aromatic N) is 2. The lowest BCUT2D eigenvalue weighted by Gasteiger charge is -2.08. The molecule has 6 heteroatoms. The summed E-state index contributed by atoms with van der Waals surface area (Å²) in [6, 6.07) is 5.74. The van der Waals surface area contributed by atoms with Crippen molar-refractivity contribution in [2.24, 2.45) is 5.73 Å². The van der Waals surface area contributed by atoms with Crippen molar-refractivity contribution in [2.45, 2.75) is 13.0 Å². The highest BCUT2D eigenvalue weighted by Gasteiger charge is 2.18. The number of para-hydroxylation sites is 1. The second kappa shape index (κ2) is 5.09. The molecule has 0 amide bonds. The van der Waals surface area contributed by atoms with Crippen LogP contribution in [-0.2, 0) is 0 Å². The van der Waals surface area contributed by atoms with Gasteiger partial charge in [0.25, 0.3) is 0 Å². The zero-order chi connectivity index (χ0) is 12.1. The van der Waals surface area contributed by atoms with E-state index in [0.29, 0.717) is 5.56 Å². The first-order chi connectivity index (χ1) is 7.56. The number of benzene rings is 1. The summed E-state index contributed by atoms with van der Waals surface area (Å²) in [5, 5.41) is 19.2. The standard InChI is InChI=1S/C10H11N3O3/c1-7-3-2-4-9(10(7)13(14)15)16-6-8(12)5-11/h2-4,8H,6,12H2,1H3. The Bertz CT molecular complexity index is 439. The fourth-order valence-electron chi connectivity index (χ4n) is 1.20. The van der Waals surface area contributed by atoms with Crippen molar-refractivity contribution < 1.29 is 9.66 Å². The van der Waals surface area contributed by atoms with Gasteiger partial charge in [-0.3, -0.25) is 10.1 Å². The number of ether oxygens (including phenoxy) is 1. The molecule has 0 fully saturated rings. The van der Waals surface area contributed by atoms with E-state index in [0.717, 1.165) is 0 Å². The predicted octanol–water partition coefficient (Wildman–Crippen LogP) is 1.13. The summed E-state index contributed by atoms with van der Waals surface area (Å²) in [7, 11) is 0. The minimum absolute atomic E-state index is 0.0687. The minimum Gasteiger partial charge on any atom is -0.484 e. The van der Waals surface area contributed by atoms with Crippen LogP contribution in [0.2, 0.25) is 0 Å². The molecule has 1 rings (SSSR count). The number of rotatable bonds is 4. The Morgan fingerprint density at radius 2 is 2.38 bits per heavy atom. The fourth-order valence-corrected chi connectivity index (χ4v) is 1.20. The van der Waals surface area contributed by atoms with Crippen molar-refractivity contribution in [3.8, 4) is 11.8 Å². The van der Waals surface area contributed by atoms with Gasteiger partial charge >= 0.3 is 5.69 Å². The van der Waals surface area contributed by atoms with Crippen LogP contribution in [0.1, 0.15) is 5.56 Å². The van der Waals surface area contributed by atoms with Crippen LogP contribution in [0.4, 0.5) is 5.69 Å². The fraction of sp³-hybridized carbons (Fsp3) is 0.300. The molecular weight excluding hydrogens is 210 g/mol. The van der Waals surface area contributed by atoms with Crippen LogP contribution in [-0.4, -0.2) is 17.6 Å². The highest BCUT2D eigenvalue weighted by molar-refractivity contribution is 5.52. The number of hydrogen-bond donors (Lipinski definition) is 1. The zero-order valence-electron chi connectivity index (χ0n) is 8.71. The molecule has 84 valence electrons. The zero-order valence-corrected chi connectivity index (χ0v) is 8.71. The Kier molecular flexibility index (Phi) is 3.80. The lowest BCUT2D eigenvalue weighted by molar-refractivity contribution is -0.386. The summed E-state index contributed by atoms with van der Waals surface area (Å²) < 4.78 is 5.14. The smallest absolute Gasteiger partial charge is 0.313 e. The monoisotopic (exact) mass is 221 g/mol. The van der Waals surface area contributed by atoms with Gasteiger partial charge in [0, 0.05) is 5.56 Å². The summed E-state index contributed by atoms with van der Waals surface area (Å²) in [4.78, 5) is 10.3. The molecule has 2 N–H and O–H groups in total. The molecule has 0 radical (unpaired) electrons. The van der Waals surface area contributed by atoms with E-state index in [1.165, 1.54) is 6.07 Å². The van der Waals surface area contributed by atoms with Gasteiger partial charge in [0.2, 0.25) is 0 Å². The molecule has 0 aliphatic heterocycles. The average molecular weight is 221 g/mol. The second-order valence-electron chi connectivity index (χ2n) is 3.23. The number of nitriles is 1. The van der Waals surface area contributed by atoms with Crippen molar-refractivity contribution in [2.75, 3.05) is 6.61 Å². The third kappa shape index (κ3) is 2.68. The Balaban J connectivity index is 2.92. The van der Waals surface area contributed by atoms with Crippen molar-refractivity contribution in [3.05, 3.63) is 33.9 Å². The normalized spacial score (nSPS) is 11.6. The molecule has 0 spiro atoms. The molecule has 0 aliphatic rings. The van der Waals surface area contributed by atoms with E-state index in [2.05, 4.69) is 0 Å². The van der Waals surface area contributed by atoms with E-state index >= 15 is 0 Å². The maximum atomic E-state index is 10.8. The first-order valence-corrected chi connectivity index (χ1v) is 4.58. The Morgan fingerprint density at radius 3 is 2.94 bits per heavy atom. The molecule has 0 aliphatic carbocycles. The van der Waals surface area contributed by atoms with E-state index < -0.39 is 11.0 Å². The van der Waals surface area contributed by atoms with E-state index in [9.17, 15) is 10.1 Å². The van der Waals surface area contributed by atoms with Gasteiger partial charge in [-0.15, -0.1) is 0 Å². The molecule has 6 nitrogen and oxygen atoms in total. The third-order valence-electron chi connectivity index (χ3n) is 1.97. The van der Waals surface area contributed by atoms with Crippen LogP contribution in [0, 0.1) is 28.4 Å². The molecule has 1 unspecified atom stereocenters. The van der Waals surface area contributed by atoms with Crippen molar-refractivity contribution in [3.63, 3.8) is 0 Å². The quantitative estimate of drug-likeness (QED) is 0.606. The molecule has 0 aromatic heterocycles. The molecule has 1 aromatic rings. The first kappa shape index (κ1) is 11.9. The van der Waals surface area contributed by atoms with Gasteiger partial charge in [-0.25, -0.2) is 0 Å². The van der Waals surface area contributed by atoms with Gasteiger partial charge in [0.15, 0.2) is 5.75 Å². The molecule has 16 heavy (non-hydrogen) atoms. The summed E-state index contributed by atoms with van der Waals surface area (Å²) in [6.45, 7) is 1.55. The molecular formula is C10H11N3O3. The Labute approximate surface area is 92.4 Å². The number of nitrogens with two attached hydrogens (primary N) is 1. The molecule has 0 saturated carbocycles. The van der Waals surface area contributed by atoms with Gasteiger partial charge in [0.1, 0.15) is 12.6 Å². The first-order valence-electron chi connectivity index (χ1n) is 4.58. The van der Waals surface area contributed by atoms with Gasteiger partial charge in [-0.2, -0.15) is 5.26 Å². The molecule has 0 saturated heterocycles. The van der Waals surface area contributed by atoms with E-state index in [4.69, 9.17) is 15.7 Å². The van der Waals surface area contributed by atoms with Gasteiger partial charge in [-0.05, 0) is 13.0 Å². The average Bonchev–Trinajstić information content (AvgIpc) is 2.25. The summed E-state index contributed by atoms with van der Waals surface area (Å²) >= 11 is 0. The predicted molar refractivity (Wildman–Crippen MR) is 56.9 cm³/mol. The van der Waals surface area contributed by atoms with Crippen molar-refractivity contribution in [1.29, 1.82) is 5.26 Å². The van der Waals surface area contributed by atoms with Gasteiger partial charge in [0.05, 0.1) is 11.0 Å². The minimum atomic E-state index is -0.792. The molecule has 0 heterocycles. The summed E-state index contributed by atoms with van der Waals surface area (Å²) in [5.41, 5.74) is 5.75. The molecule has 0 bridgehead atoms. The molecule has 1 atom stereocenters. The maximum absolute atomic E-state index is 10.8. The number of nitro groups is 1. The van der Waals surface area contributed by atoms with Crippen LogP contribution in [0.15, 0.2) is 18.2 Å². The maximum Gasteiger partial charge on any atom is 0.313 e. The SMILES string of the molecule is Cc1cccc(OCC(N)C#N)c1[N+](=O)[O-]. The Hall–Kier alpha value is -2.13. The van der Waals surface area contributed by atoms with Crippen LogP contribution in [0.5, 0.6) is 5.75 Å². The largest absolute Gasteiger partial charge is 0.484 e. The van der Waals surface area contributed by atoms with E-state index in [1.54, 1.807) is 25.1 Å². The lowest BCUT2D eigenvalue weighted by atomic mass is 10.2.